The van der Waals surface area contributed by atoms with Crippen molar-refractivity contribution in [2.24, 2.45) is 5.41 Å². The Bertz CT molecular complexity index is 521. The summed E-state index contributed by atoms with van der Waals surface area (Å²) in [5.41, 5.74) is 0.501. The van der Waals surface area contributed by atoms with Crippen molar-refractivity contribution in [1.82, 2.24) is 9.29 Å². The molecule has 0 spiro atoms. The van der Waals surface area contributed by atoms with Gasteiger partial charge in [-0.25, -0.2) is 12.7 Å². The maximum Gasteiger partial charge on any atom is 0.246 e. The Morgan fingerprint density at radius 3 is 2.53 bits per heavy atom. The van der Waals surface area contributed by atoms with E-state index < -0.39 is 10.0 Å². The largest absolute Gasteiger partial charge is 0.384 e. The number of anilines is 1. The van der Waals surface area contributed by atoms with Crippen LogP contribution in [0.2, 0.25) is 0 Å². The van der Waals surface area contributed by atoms with E-state index in [1.807, 2.05) is 27.7 Å². The van der Waals surface area contributed by atoms with Gasteiger partial charge in [0.2, 0.25) is 10.0 Å². The van der Waals surface area contributed by atoms with E-state index in [9.17, 15) is 8.42 Å². The quantitative estimate of drug-likeness (QED) is 0.900. The lowest BCUT2D eigenvalue weighted by atomic mass is 9.97. The smallest absolute Gasteiger partial charge is 0.246 e. The highest BCUT2D eigenvalue weighted by atomic mass is 32.2. The molecule has 0 bridgehead atoms. The maximum absolute atomic E-state index is 12.6. The summed E-state index contributed by atoms with van der Waals surface area (Å²) in [6, 6.07) is 1.68. The van der Waals surface area contributed by atoms with Crippen molar-refractivity contribution in [3.63, 3.8) is 0 Å². The van der Waals surface area contributed by atoms with Crippen LogP contribution in [0.4, 0.5) is 5.69 Å². The Labute approximate surface area is 116 Å². The Morgan fingerprint density at radius 1 is 1.37 bits per heavy atom. The van der Waals surface area contributed by atoms with Crippen molar-refractivity contribution >= 4 is 15.7 Å². The summed E-state index contributed by atoms with van der Waals surface area (Å²) >= 11 is 0. The number of rotatable bonds is 5. The van der Waals surface area contributed by atoms with Gasteiger partial charge in [-0.2, -0.15) is 0 Å². The van der Waals surface area contributed by atoms with Crippen LogP contribution in [0.3, 0.4) is 0 Å². The number of aromatic nitrogens is 1. The minimum atomic E-state index is -3.52. The molecule has 1 aromatic heterocycles. The Kier molecular flexibility index (Phi) is 4.92. The topological polar surface area (TPSA) is 62.3 Å². The van der Waals surface area contributed by atoms with E-state index in [0.717, 1.165) is 0 Å². The van der Waals surface area contributed by atoms with E-state index in [1.54, 1.807) is 19.3 Å². The molecule has 0 aliphatic rings. The van der Waals surface area contributed by atoms with Gasteiger partial charge in [0.25, 0.3) is 0 Å². The van der Waals surface area contributed by atoms with Gasteiger partial charge in [0.15, 0.2) is 0 Å². The van der Waals surface area contributed by atoms with Crippen molar-refractivity contribution in [3.8, 4) is 0 Å². The first-order valence-corrected chi connectivity index (χ1v) is 7.76. The summed E-state index contributed by atoms with van der Waals surface area (Å²) in [4.78, 5) is 4.15. The average Bonchev–Trinajstić information content (AvgIpc) is 2.27. The molecule has 5 nitrogen and oxygen atoms in total. The molecule has 0 radical (unpaired) electrons. The second-order valence-corrected chi connectivity index (χ2v) is 7.74. The van der Waals surface area contributed by atoms with Crippen LogP contribution in [0.25, 0.3) is 0 Å². The predicted octanol–water partition coefficient (Wildman–Crippen LogP) is 2.18. The molecular weight excluding hydrogens is 262 g/mol. The molecule has 0 saturated heterocycles. The zero-order valence-corrected chi connectivity index (χ0v) is 13.1. The predicted molar refractivity (Wildman–Crippen MR) is 77.7 cm³/mol. The fourth-order valence-electron chi connectivity index (χ4n) is 1.84. The van der Waals surface area contributed by atoms with E-state index in [1.165, 1.54) is 10.5 Å². The summed E-state index contributed by atoms with van der Waals surface area (Å²) in [6.45, 7) is 9.06. The van der Waals surface area contributed by atoms with Crippen molar-refractivity contribution < 1.29 is 8.42 Å². The molecule has 0 amide bonds. The van der Waals surface area contributed by atoms with Crippen LogP contribution >= 0.6 is 0 Å². The van der Waals surface area contributed by atoms with Crippen LogP contribution in [0.5, 0.6) is 0 Å². The molecule has 1 aromatic rings. The van der Waals surface area contributed by atoms with Crippen molar-refractivity contribution in [3.05, 3.63) is 18.5 Å². The number of hydrogen-bond donors (Lipinski definition) is 1. The van der Waals surface area contributed by atoms with Crippen LogP contribution in [-0.2, 0) is 10.0 Å². The Balaban J connectivity index is 3.13. The van der Waals surface area contributed by atoms with E-state index in [0.29, 0.717) is 18.8 Å². The van der Waals surface area contributed by atoms with Gasteiger partial charge in [0, 0.05) is 32.5 Å². The SMILES string of the molecule is CCNc1ccncc1S(=O)(=O)N(C)CC(C)(C)C. The third kappa shape index (κ3) is 4.18. The second kappa shape index (κ2) is 5.88. The summed E-state index contributed by atoms with van der Waals surface area (Å²) in [5.74, 6) is 0. The molecule has 1 N–H and O–H groups in total. The minimum absolute atomic E-state index is 0.0949. The van der Waals surface area contributed by atoms with Gasteiger partial charge < -0.3 is 5.32 Å². The number of nitrogens with zero attached hydrogens (tertiary/aromatic N) is 2. The molecule has 108 valence electrons. The van der Waals surface area contributed by atoms with Gasteiger partial charge in [-0.3, -0.25) is 4.98 Å². The standard InChI is InChI=1S/C13H23N3O2S/c1-6-15-11-7-8-14-9-12(11)19(17,18)16(5)10-13(2,3)4/h7-9H,6,10H2,1-5H3,(H,14,15). The third-order valence-electron chi connectivity index (χ3n) is 2.54. The molecule has 0 unspecified atom stereocenters. The van der Waals surface area contributed by atoms with Gasteiger partial charge in [0.1, 0.15) is 4.90 Å². The summed E-state index contributed by atoms with van der Waals surface area (Å²) in [6.07, 6.45) is 2.98. The summed E-state index contributed by atoms with van der Waals surface area (Å²) < 4.78 is 26.5. The van der Waals surface area contributed by atoms with Crippen molar-refractivity contribution in [2.45, 2.75) is 32.6 Å². The fraction of sp³-hybridized carbons (Fsp3) is 0.615. The van der Waals surface area contributed by atoms with E-state index in [2.05, 4.69) is 10.3 Å². The number of nitrogens with one attached hydrogen (secondary N) is 1. The normalized spacial score (nSPS) is 12.7. The lowest BCUT2D eigenvalue weighted by Crippen LogP contribution is -2.35. The molecule has 0 saturated carbocycles. The van der Waals surface area contributed by atoms with Gasteiger partial charge in [-0.05, 0) is 18.4 Å². The van der Waals surface area contributed by atoms with Crippen LogP contribution in [-0.4, -0.2) is 37.8 Å². The Hall–Kier alpha value is -1.14. The number of sulfonamides is 1. The lowest BCUT2D eigenvalue weighted by Gasteiger charge is -2.26. The zero-order valence-electron chi connectivity index (χ0n) is 12.3. The number of pyridine rings is 1. The first kappa shape index (κ1) is 15.9. The molecule has 0 fully saturated rings. The molecule has 1 heterocycles. The third-order valence-corrected chi connectivity index (χ3v) is 4.37. The van der Waals surface area contributed by atoms with Crippen molar-refractivity contribution in [2.75, 3.05) is 25.5 Å². The summed E-state index contributed by atoms with van der Waals surface area (Å²) in [5, 5.41) is 3.05. The van der Waals surface area contributed by atoms with Gasteiger partial charge in [0.05, 0.1) is 5.69 Å². The van der Waals surface area contributed by atoms with Gasteiger partial charge in [-0.15, -0.1) is 0 Å². The summed E-state index contributed by atoms with van der Waals surface area (Å²) in [7, 11) is -1.92. The van der Waals surface area contributed by atoms with Crippen LogP contribution in [0.1, 0.15) is 27.7 Å². The van der Waals surface area contributed by atoms with Crippen LogP contribution < -0.4 is 5.32 Å². The van der Waals surface area contributed by atoms with E-state index >= 15 is 0 Å². The Morgan fingerprint density at radius 2 is 2.00 bits per heavy atom. The highest BCUT2D eigenvalue weighted by Crippen LogP contribution is 2.25. The van der Waals surface area contributed by atoms with Gasteiger partial charge in [-0.1, -0.05) is 20.8 Å². The molecule has 6 heteroatoms. The first-order valence-electron chi connectivity index (χ1n) is 6.32. The monoisotopic (exact) mass is 285 g/mol. The molecule has 0 aliphatic heterocycles. The first-order chi connectivity index (χ1) is 8.68. The van der Waals surface area contributed by atoms with Crippen LogP contribution in [0, 0.1) is 5.41 Å². The highest BCUT2D eigenvalue weighted by Gasteiger charge is 2.27. The van der Waals surface area contributed by atoms with Crippen LogP contribution in [0.15, 0.2) is 23.4 Å². The van der Waals surface area contributed by atoms with E-state index in [-0.39, 0.29) is 10.3 Å². The second-order valence-electron chi connectivity index (χ2n) is 5.72. The molecule has 0 aliphatic carbocycles. The van der Waals surface area contributed by atoms with Gasteiger partial charge >= 0.3 is 0 Å². The molecule has 0 aromatic carbocycles. The van der Waals surface area contributed by atoms with E-state index in [4.69, 9.17) is 0 Å². The zero-order chi connectivity index (χ0) is 14.7. The molecule has 1 rings (SSSR count). The maximum atomic E-state index is 12.6. The highest BCUT2D eigenvalue weighted by molar-refractivity contribution is 7.89. The minimum Gasteiger partial charge on any atom is -0.384 e. The lowest BCUT2D eigenvalue weighted by molar-refractivity contribution is 0.311. The molecular formula is C13H23N3O2S. The fourth-order valence-corrected chi connectivity index (χ4v) is 3.35. The van der Waals surface area contributed by atoms with Crippen molar-refractivity contribution in [1.29, 1.82) is 0 Å². The molecule has 19 heavy (non-hydrogen) atoms. The molecule has 0 atom stereocenters. The number of hydrogen-bond acceptors (Lipinski definition) is 4. The average molecular weight is 285 g/mol.